The maximum absolute atomic E-state index is 13.7. The lowest BCUT2D eigenvalue weighted by atomic mass is 9.76. The zero-order valence-electron chi connectivity index (χ0n) is 35.6. The first-order valence-corrected chi connectivity index (χ1v) is 20.8. The van der Waals surface area contributed by atoms with Gasteiger partial charge in [-0.1, -0.05) is 29.3 Å². The Bertz CT molecular complexity index is 2750. The average Bonchev–Trinajstić information content (AvgIpc) is 3.88. The molecule has 66 heavy (non-hydrogen) atoms. The van der Waals surface area contributed by atoms with E-state index in [1.54, 1.807) is 18.5 Å². The quantitative estimate of drug-likeness (QED) is 0.0181. The van der Waals surface area contributed by atoms with Crippen LogP contribution in [-0.2, 0) is 23.9 Å². The predicted octanol–water partition coefficient (Wildman–Crippen LogP) is 1.41. The van der Waals surface area contributed by atoms with E-state index < -0.39 is 85.1 Å². The van der Waals surface area contributed by atoms with Crippen LogP contribution >= 0.6 is 0 Å². The molecule has 0 unspecified atom stereocenters. The molecule has 0 bridgehead atoms. The number of carbonyl (C=O) groups is 3. The van der Waals surface area contributed by atoms with Gasteiger partial charge in [0.1, 0.15) is 48.0 Å². The molecule has 4 heterocycles. The van der Waals surface area contributed by atoms with Crippen molar-refractivity contribution in [3.63, 3.8) is 0 Å². The molecule has 3 aromatic carbocycles. The van der Waals surface area contributed by atoms with E-state index in [4.69, 9.17) is 23.5 Å². The van der Waals surface area contributed by atoms with Crippen molar-refractivity contribution in [3.8, 4) is 33.9 Å². The molecule has 3 aromatic heterocycles. The second-order valence-corrected chi connectivity index (χ2v) is 16.1. The van der Waals surface area contributed by atoms with Crippen LogP contribution < -0.4 is 20.3 Å². The van der Waals surface area contributed by atoms with Crippen molar-refractivity contribution < 1.29 is 78.7 Å². The van der Waals surface area contributed by atoms with Gasteiger partial charge in [0, 0.05) is 42.8 Å². The van der Waals surface area contributed by atoms with Gasteiger partial charge in [-0.05, 0) is 74.7 Å². The molecule has 20 nitrogen and oxygen atoms in total. The van der Waals surface area contributed by atoms with Gasteiger partial charge >= 0.3 is 11.9 Å². The third-order valence-electron chi connectivity index (χ3n) is 11.3. The Labute approximate surface area is 374 Å². The van der Waals surface area contributed by atoms with Crippen molar-refractivity contribution in [2.75, 3.05) is 19.8 Å². The molecule has 1 fully saturated rings. The van der Waals surface area contributed by atoms with Crippen LogP contribution in [0.5, 0.6) is 11.5 Å². The Hall–Kier alpha value is -6.62. The summed E-state index contributed by atoms with van der Waals surface area (Å²) in [5.41, 5.74) is 0.489. The Balaban J connectivity index is 1.36. The molecule has 0 aliphatic carbocycles. The Kier molecular flexibility index (Phi) is 14.0. The van der Waals surface area contributed by atoms with Crippen LogP contribution in [0.1, 0.15) is 30.4 Å². The molecule has 6 aromatic rings. The number of carboxylic acid groups (broad SMARTS) is 1. The number of esters is 1. The molecule has 350 valence electrons. The number of phenolic OH excluding ortho intramolecular Hbond substituents is 1. The number of hydrogen-bond acceptors (Lipinski definition) is 17. The third-order valence-corrected chi connectivity index (χ3v) is 11.3. The van der Waals surface area contributed by atoms with Gasteiger partial charge < -0.3 is 74.1 Å². The summed E-state index contributed by atoms with van der Waals surface area (Å²) < 4.78 is 24.7. The van der Waals surface area contributed by atoms with Gasteiger partial charge in [-0.2, -0.15) is 4.73 Å². The number of aliphatic hydroxyl groups excluding tert-OH is 4. The number of rotatable bonds is 19. The normalized spacial score (nSPS) is 21.5. The van der Waals surface area contributed by atoms with Crippen LogP contribution in [0.15, 0.2) is 94.6 Å². The highest BCUT2D eigenvalue weighted by atomic mass is 16.8. The van der Waals surface area contributed by atoms with E-state index >= 15 is 0 Å². The van der Waals surface area contributed by atoms with E-state index in [0.717, 1.165) is 11.1 Å². The first kappa shape index (κ1) is 47.3. The van der Waals surface area contributed by atoms with Gasteiger partial charge in [0.25, 0.3) is 5.79 Å². The Morgan fingerprint density at radius 2 is 1.77 bits per heavy atom. The van der Waals surface area contributed by atoms with Gasteiger partial charge in [0.05, 0.1) is 28.8 Å². The first-order valence-electron chi connectivity index (χ1n) is 20.8. The fraction of sp³-hybridized carbons (Fsp3) is 0.348. The second kappa shape index (κ2) is 19.5. The summed E-state index contributed by atoms with van der Waals surface area (Å²) in [6.45, 7) is 1.38. The molecule has 0 amide bonds. The number of aromatic amines is 1. The van der Waals surface area contributed by atoms with Crippen LogP contribution in [0.2, 0.25) is 0 Å². The van der Waals surface area contributed by atoms with Crippen molar-refractivity contribution >= 4 is 40.1 Å². The number of benzene rings is 3. The number of carbonyl (C=O) groups excluding carboxylic acids is 2. The van der Waals surface area contributed by atoms with E-state index in [1.165, 1.54) is 53.5 Å². The fourth-order valence-electron chi connectivity index (χ4n) is 8.11. The largest absolute Gasteiger partial charge is 0.508 e. The Morgan fingerprint density at radius 3 is 2.44 bits per heavy atom. The van der Waals surface area contributed by atoms with E-state index in [9.17, 15) is 60.0 Å². The summed E-state index contributed by atoms with van der Waals surface area (Å²) in [4.78, 5) is 59.8. The molecule has 1 aliphatic heterocycles. The number of aromatic hydroxyl groups is 1. The zero-order valence-corrected chi connectivity index (χ0v) is 35.6. The van der Waals surface area contributed by atoms with E-state index in [0.29, 0.717) is 34.0 Å². The molecule has 0 spiro atoms. The molecule has 0 radical (unpaired) electrons. The van der Waals surface area contributed by atoms with Crippen LogP contribution in [0.25, 0.3) is 44.3 Å². The molecule has 10 N–H and O–H groups in total. The number of aliphatic hydroxyl groups is 6. The maximum Gasteiger partial charge on any atom is 0.337 e. The van der Waals surface area contributed by atoms with Gasteiger partial charge in [-0.25, -0.2) is 9.59 Å². The minimum atomic E-state index is -3.40. The maximum atomic E-state index is 13.7. The minimum absolute atomic E-state index is 0.0116. The van der Waals surface area contributed by atoms with E-state index in [-0.39, 0.29) is 47.4 Å². The van der Waals surface area contributed by atoms with E-state index in [2.05, 4.69) is 10.3 Å². The van der Waals surface area contributed by atoms with Crippen molar-refractivity contribution in [1.82, 2.24) is 15.0 Å². The van der Waals surface area contributed by atoms with Gasteiger partial charge in [-0.3, -0.25) is 10.1 Å². The standard InChI is InChI=1S/C46H49N3O17/c1-24-17-25(2)19-28(18-24)37-35-27(12-14-48-35)21-49(37)66-41-44(63-30-10-11-31-33(20-30)62-22-32(38(31)55)26-6-8-29(53)9-7-26)64-40(39(56)46(41,61)34(54)5-3-15-50)45(60,23-52)65-43(59)36(42(57)58)47-13-4-16-51/h6-12,14,16-22,34,36,39-41,44,47-48,50,52-54,56,60-61H,3-5,13,15,23H2,1-2H3,(H,57,58)/t34-,36-,39+,40-,41-,44+,45-,46-/m1/s1. The number of aliphatic carboxylic acids is 1. The summed E-state index contributed by atoms with van der Waals surface area (Å²) in [6.07, 6.45) is -7.17. The second-order valence-electron chi connectivity index (χ2n) is 16.1. The number of nitrogens with one attached hydrogen (secondary N) is 2. The van der Waals surface area contributed by atoms with Crippen molar-refractivity contribution in [2.24, 2.45) is 0 Å². The fourth-order valence-corrected chi connectivity index (χ4v) is 8.11. The number of aldehydes is 1. The lowest BCUT2D eigenvalue weighted by molar-refractivity contribution is -0.386. The number of hydrogen-bond donors (Lipinski definition) is 10. The molecule has 1 aliphatic rings. The van der Waals surface area contributed by atoms with Gasteiger partial charge in [0.2, 0.25) is 18.4 Å². The highest BCUT2D eigenvalue weighted by molar-refractivity contribution is 5.98. The summed E-state index contributed by atoms with van der Waals surface area (Å²) in [7, 11) is 0. The highest BCUT2D eigenvalue weighted by Gasteiger charge is 2.67. The number of nitrogens with zero attached hydrogens (tertiary/aromatic N) is 1. The summed E-state index contributed by atoms with van der Waals surface area (Å²) in [6, 6.07) is 15.0. The lowest BCUT2D eigenvalue weighted by Crippen LogP contribution is -2.78. The highest BCUT2D eigenvalue weighted by Crippen LogP contribution is 2.42. The number of H-pyrrole nitrogens is 1. The number of fused-ring (bicyclic) bond motifs is 2. The predicted molar refractivity (Wildman–Crippen MR) is 232 cm³/mol. The minimum Gasteiger partial charge on any atom is -0.508 e. The van der Waals surface area contributed by atoms with E-state index in [1.807, 2.05) is 32.0 Å². The van der Waals surface area contributed by atoms with Gasteiger partial charge in [-0.15, -0.1) is 0 Å². The lowest BCUT2D eigenvalue weighted by Gasteiger charge is -2.53. The molecule has 0 saturated carbocycles. The topological polar surface area (TPSA) is 313 Å². The molecule has 8 atom stereocenters. The Morgan fingerprint density at radius 1 is 1.05 bits per heavy atom. The first-order chi connectivity index (χ1) is 31.5. The van der Waals surface area contributed by atoms with Crippen LogP contribution in [0.3, 0.4) is 0 Å². The zero-order chi connectivity index (χ0) is 47.5. The third kappa shape index (κ3) is 9.26. The smallest absolute Gasteiger partial charge is 0.337 e. The van der Waals surface area contributed by atoms with Crippen molar-refractivity contribution in [1.29, 1.82) is 0 Å². The molecular weight excluding hydrogens is 867 g/mol. The number of carboxylic acids is 1. The summed E-state index contributed by atoms with van der Waals surface area (Å²) >= 11 is 0. The van der Waals surface area contributed by atoms with Crippen molar-refractivity contribution in [3.05, 3.63) is 107 Å². The monoisotopic (exact) mass is 915 g/mol. The van der Waals surface area contributed by atoms with Crippen LogP contribution in [-0.4, -0.2) is 137 Å². The molecule has 1 saturated heterocycles. The summed E-state index contributed by atoms with van der Waals surface area (Å²) in [5.74, 6) is -7.07. The summed E-state index contributed by atoms with van der Waals surface area (Å²) in [5, 5.41) is 91.9. The average molecular weight is 916 g/mol. The number of aryl methyl sites for hydroxylation is 2. The molecular formula is C46H49N3O17. The molecule has 7 rings (SSSR count). The SMILES string of the molecule is Cc1cc(C)cc(-c2c3[nH]ccc3cn2O[C@@H]2[C@@H](Oc3ccc4c(=O)c(-c5ccc(O)cc5)coc4c3)O[C@@H]([C@@](O)(CO)OC(=O)[C@H](NCCC=O)C(=O)O)[C@H](O)[C@]2(O)[C@H](O)CCCO)c1. The number of ether oxygens (including phenoxy) is 3. The number of phenols is 1. The number of aromatic nitrogens is 2. The molecule has 20 heteroatoms. The van der Waals surface area contributed by atoms with Crippen LogP contribution in [0, 0.1) is 13.8 Å². The van der Waals surface area contributed by atoms with Gasteiger partial charge in [0.15, 0.2) is 17.1 Å². The van der Waals surface area contributed by atoms with Crippen molar-refractivity contribution in [2.45, 2.75) is 81.2 Å². The van der Waals surface area contributed by atoms with Crippen LogP contribution in [0.4, 0.5) is 0 Å².